The van der Waals surface area contributed by atoms with Gasteiger partial charge in [0.05, 0.1) is 18.8 Å². The summed E-state index contributed by atoms with van der Waals surface area (Å²) in [4.78, 5) is 14.1. The number of rotatable bonds is 4. The highest BCUT2D eigenvalue weighted by Gasteiger charge is 2.27. The number of aryl methyl sites for hydroxylation is 1. The van der Waals surface area contributed by atoms with Gasteiger partial charge in [-0.1, -0.05) is 16.8 Å². The van der Waals surface area contributed by atoms with E-state index in [2.05, 4.69) is 5.16 Å². The number of aromatic nitrogens is 1. The molecule has 23 heavy (non-hydrogen) atoms. The average molecular weight is 337 g/mol. The van der Waals surface area contributed by atoms with Crippen LogP contribution in [0.4, 0.5) is 5.69 Å². The number of hydrogen-bond acceptors (Lipinski definition) is 5. The molecule has 0 N–H and O–H groups in total. The fourth-order valence-electron chi connectivity index (χ4n) is 2.45. The van der Waals surface area contributed by atoms with E-state index in [1.807, 2.05) is 6.92 Å². The van der Waals surface area contributed by atoms with Gasteiger partial charge in [0.2, 0.25) is 0 Å². The number of benzene rings is 1. The molecule has 1 atom stereocenters. The van der Waals surface area contributed by atoms with Crippen molar-refractivity contribution in [1.82, 2.24) is 5.16 Å². The summed E-state index contributed by atoms with van der Waals surface area (Å²) < 4.78 is 16.1. The highest BCUT2D eigenvalue weighted by molar-refractivity contribution is 6.31. The molecule has 3 rings (SSSR count). The number of fused-ring (bicyclic) bond motifs is 1. The molecule has 1 aromatic heterocycles. The van der Waals surface area contributed by atoms with Crippen LogP contribution < -0.4 is 9.64 Å². The second-order valence-electron chi connectivity index (χ2n) is 5.47. The summed E-state index contributed by atoms with van der Waals surface area (Å²) in [6.07, 6.45) is -0.0918. The average Bonchev–Trinajstić information content (AvgIpc) is 2.92. The first kappa shape index (κ1) is 15.8. The smallest absolute Gasteiger partial charge is 0.253 e. The Morgan fingerprint density at radius 1 is 1.48 bits per heavy atom. The Labute approximate surface area is 138 Å². The zero-order valence-corrected chi connectivity index (χ0v) is 13.7. The Morgan fingerprint density at radius 3 is 3.04 bits per heavy atom. The third-order valence-corrected chi connectivity index (χ3v) is 3.67. The van der Waals surface area contributed by atoms with Crippen molar-refractivity contribution >= 4 is 23.2 Å². The molecule has 1 aliphatic heterocycles. The van der Waals surface area contributed by atoms with E-state index >= 15 is 0 Å². The molecule has 1 unspecified atom stereocenters. The molecule has 1 amide bonds. The van der Waals surface area contributed by atoms with E-state index in [1.54, 1.807) is 36.1 Å². The van der Waals surface area contributed by atoms with Crippen molar-refractivity contribution in [2.24, 2.45) is 0 Å². The maximum atomic E-state index is 12.5. The van der Waals surface area contributed by atoms with Crippen molar-refractivity contribution in [1.29, 1.82) is 0 Å². The number of hydrogen-bond donors (Lipinski definition) is 0. The Hall–Kier alpha value is -2.05. The van der Waals surface area contributed by atoms with E-state index in [4.69, 9.17) is 25.6 Å². The summed E-state index contributed by atoms with van der Waals surface area (Å²) in [6.45, 7) is 4.35. The van der Waals surface area contributed by atoms with E-state index in [9.17, 15) is 4.79 Å². The first-order valence-corrected chi connectivity index (χ1v) is 7.67. The van der Waals surface area contributed by atoms with Crippen molar-refractivity contribution < 1.29 is 18.8 Å². The lowest BCUT2D eigenvalue weighted by atomic mass is 10.2. The van der Waals surface area contributed by atoms with E-state index < -0.39 is 0 Å². The molecule has 0 bridgehead atoms. The van der Waals surface area contributed by atoms with Crippen molar-refractivity contribution in [3.63, 3.8) is 0 Å². The molecule has 0 saturated carbocycles. The molecule has 1 aromatic carbocycles. The maximum Gasteiger partial charge on any atom is 0.253 e. The Morgan fingerprint density at radius 2 is 2.30 bits per heavy atom. The van der Waals surface area contributed by atoms with Gasteiger partial charge >= 0.3 is 0 Å². The largest absolute Gasteiger partial charge is 0.487 e. The lowest BCUT2D eigenvalue weighted by molar-refractivity contribution is -0.124. The van der Waals surface area contributed by atoms with E-state index in [1.165, 1.54) is 0 Å². The zero-order valence-electron chi connectivity index (χ0n) is 12.9. The van der Waals surface area contributed by atoms with Gasteiger partial charge in [-0.15, -0.1) is 0 Å². The lowest BCUT2D eigenvalue weighted by Gasteiger charge is -2.33. The number of carbonyl (C=O) groups excluding carboxylic acids is 1. The fourth-order valence-corrected chi connectivity index (χ4v) is 2.62. The first-order valence-electron chi connectivity index (χ1n) is 7.29. The predicted octanol–water partition coefficient (Wildman–Crippen LogP) is 2.97. The summed E-state index contributed by atoms with van der Waals surface area (Å²) >= 11 is 6.03. The summed E-state index contributed by atoms with van der Waals surface area (Å²) in [7, 11) is 0. The summed E-state index contributed by atoms with van der Waals surface area (Å²) in [5, 5.41) is 4.38. The predicted molar refractivity (Wildman–Crippen MR) is 84.8 cm³/mol. The highest BCUT2D eigenvalue weighted by atomic mass is 35.5. The van der Waals surface area contributed by atoms with Crippen LogP contribution >= 0.6 is 11.6 Å². The minimum Gasteiger partial charge on any atom is -0.487 e. The molecule has 6 nitrogen and oxygen atoms in total. The molecule has 2 heterocycles. The van der Waals surface area contributed by atoms with Gasteiger partial charge in [0, 0.05) is 11.1 Å². The summed E-state index contributed by atoms with van der Waals surface area (Å²) in [5.74, 6) is 1.21. The van der Waals surface area contributed by atoms with Crippen molar-refractivity contribution in [2.75, 3.05) is 18.1 Å². The topological polar surface area (TPSA) is 64.8 Å². The van der Waals surface area contributed by atoms with Crippen LogP contribution in [0, 0.1) is 6.92 Å². The van der Waals surface area contributed by atoms with Crippen LogP contribution in [0.1, 0.15) is 18.4 Å². The second-order valence-corrected chi connectivity index (χ2v) is 5.90. The molecule has 0 fully saturated rings. The van der Waals surface area contributed by atoms with Crippen LogP contribution in [0.15, 0.2) is 28.8 Å². The van der Waals surface area contributed by atoms with Gasteiger partial charge in [0.15, 0.2) is 0 Å². The van der Waals surface area contributed by atoms with E-state index in [0.29, 0.717) is 34.5 Å². The number of nitrogens with zero attached hydrogens (tertiary/aromatic N) is 2. The van der Waals surface area contributed by atoms with Gasteiger partial charge in [-0.2, -0.15) is 0 Å². The van der Waals surface area contributed by atoms with Crippen molar-refractivity contribution in [3.05, 3.63) is 40.7 Å². The van der Waals surface area contributed by atoms with Crippen LogP contribution in [-0.2, 0) is 16.1 Å². The molecular weight excluding hydrogens is 320 g/mol. The SMILES string of the molecule is Cc1cc(COCC(=O)N2CC(C)Oc3ccc(Cl)cc32)no1. The Kier molecular flexibility index (Phi) is 4.54. The normalized spacial score (nSPS) is 16.8. The quantitative estimate of drug-likeness (QED) is 0.858. The standard InChI is InChI=1S/C16H17ClN2O4/c1-10-5-13(18-23-10)8-21-9-16(20)19-7-11(2)22-15-4-3-12(17)6-14(15)19/h3-6,11H,7-9H2,1-2H3. The zero-order chi connectivity index (χ0) is 16.4. The number of anilines is 1. The summed E-state index contributed by atoms with van der Waals surface area (Å²) in [5.41, 5.74) is 1.33. The van der Waals surface area contributed by atoms with Crippen LogP contribution in [0.3, 0.4) is 0 Å². The van der Waals surface area contributed by atoms with Gasteiger partial charge in [-0.25, -0.2) is 0 Å². The maximum absolute atomic E-state index is 12.5. The molecule has 0 spiro atoms. The van der Waals surface area contributed by atoms with Gasteiger partial charge < -0.3 is 18.9 Å². The third kappa shape index (κ3) is 3.65. The third-order valence-electron chi connectivity index (χ3n) is 3.43. The van der Waals surface area contributed by atoms with Crippen molar-refractivity contribution in [2.45, 2.75) is 26.6 Å². The minimum absolute atomic E-state index is 0.0510. The number of halogens is 1. The molecule has 7 heteroatoms. The van der Waals surface area contributed by atoms with Crippen LogP contribution in [0.2, 0.25) is 5.02 Å². The molecule has 1 aliphatic rings. The number of amides is 1. The Bertz CT molecular complexity index is 716. The second kappa shape index (κ2) is 6.60. The van der Waals surface area contributed by atoms with E-state index in [0.717, 1.165) is 0 Å². The van der Waals surface area contributed by atoms with Crippen LogP contribution in [0.5, 0.6) is 5.75 Å². The van der Waals surface area contributed by atoms with Gasteiger partial charge in [0.25, 0.3) is 5.91 Å². The monoisotopic (exact) mass is 336 g/mol. The molecule has 122 valence electrons. The van der Waals surface area contributed by atoms with Gasteiger partial charge in [-0.05, 0) is 32.0 Å². The fraction of sp³-hybridized carbons (Fsp3) is 0.375. The number of ether oxygens (including phenoxy) is 2. The van der Waals surface area contributed by atoms with Crippen molar-refractivity contribution in [3.8, 4) is 5.75 Å². The molecule has 0 aliphatic carbocycles. The summed E-state index contributed by atoms with van der Waals surface area (Å²) in [6, 6.07) is 7.01. The van der Waals surface area contributed by atoms with Crippen LogP contribution in [0.25, 0.3) is 0 Å². The highest BCUT2D eigenvalue weighted by Crippen LogP contribution is 2.35. The minimum atomic E-state index is -0.149. The van der Waals surface area contributed by atoms with Crippen LogP contribution in [-0.4, -0.2) is 30.3 Å². The Balaban J connectivity index is 1.66. The molecule has 0 radical (unpaired) electrons. The molecule has 0 saturated heterocycles. The van der Waals surface area contributed by atoms with Gasteiger partial charge in [-0.3, -0.25) is 4.79 Å². The van der Waals surface area contributed by atoms with E-state index in [-0.39, 0.29) is 25.2 Å². The molecule has 2 aromatic rings. The first-order chi connectivity index (χ1) is 11.0. The molecular formula is C16H17ClN2O4. The number of carbonyl (C=O) groups is 1. The van der Waals surface area contributed by atoms with Gasteiger partial charge in [0.1, 0.15) is 29.9 Å². The lowest BCUT2D eigenvalue weighted by Crippen LogP contribution is -2.43.